The SMILES string of the molecule is Cc1nc(N)c2nc(C)n(CCOCCNS(=O)(=O)c3ccc(N=Nc4ccc(N(C)C)cc4)cc3)c2c1C. The lowest BCUT2D eigenvalue weighted by Gasteiger charge is -2.11. The van der Waals surface area contributed by atoms with Crippen molar-refractivity contribution in [2.75, 3.05) is 44.5 Å². The molecule has 0 atom stereocenters. The summed E-state index contributed by atoms with van der Waals surface area (Å²) in [5.74, 6) is 1.23. The number of hydrogen-bond acceptors (Lipinski definition) is 9. The van der Waals surface area contributed by atoms with E-state index in [4.69, 9.17) is 10.5 Å². The van der Waals surface area contributed by atoms with Gasteiger partial charge in [-0.1, -0.05) is 0 Å². The Kier molecular flexibility index (Phi) is 8.58. The molecule has 0 amide bonds. The predicted molar refractivity (Wildman–Crippen MR) is 154 cm³/mol. The molecule has 4 rings (SSSR count). The molecule has 2 aromatic heterocycles. The molecule has 0 aliphatic heterocycles. The van der Waals surface area contributed by atoms with E-state index >= 15 is 0 Å². The Bertz CT molecular complexity index is 1580. The molecule has 0 saturated carbocycles. The third-order valence-corrected chi connectivity index (χ3v) is 7.86. The van der Waals surface area contributed by atoms with E-state index < -0.39 is 10.0 Å². The molecule has 11 nitrogen and oxygen atoms in total. The maximum absolute atomic E-state index is 12.7. The van der Waals surface area contributed by atoms with Gasteiger partial charge in [-0.2, -0.15) is 10.2 Å². The lowest BCUT2D eigenvalue weighted by atomic mass is 10.2. The zero-order chi connectivity index (χ0) is 28.2. The van der Waals surface area contributed by atoms with E-state index in [1.165, 1.54) is 12.1 Å². The molecule has 4 aromatic rings. The molecule has 0 spiro atoms. The lowest BCUT2D eigenvalue weighted by Crippen LogP contribution is -2.27. The zero-order valence-corrected chi connectivity index (χ0v) is 23.7. The summed E-state index contributed by atoms with van der Waals surface area (Å²) in [6, 6.07) is 13.9. The third kappa shape index (κ3) is 6.59. The lowest BCUT2D eigenvalue weighted by molar-refractivity contribution is 0.131. The first-order valence-electron chi connectivity index (χ1n) is 12.5. The van der Waals surface area contributed by atoms with Gasteiger partial charge in [0.2, 0.25) is 10.0 Å². The van der Waals surface area contributed by atoms with E-state index in [0.717, 1.165) is 28.3 Å². The highest BCUT2D eigenvalue weighted by Gasteiger charge is 2.16. The van der Waals surface area contributed by atoms with Crippen molar-refractivity contribution in [2.45, 2.75) is 32.2 Å². The molecule has 0 aliphatic carbocycles. The van der Waals surface area contributed by atoms with Gasteiger partial charge in [0.25, 0.3) is 0 Å². The van der Waals surface area contributed by atoms with Crippen LogP contribution in [0, 0.1) is 20.8 Å². The molecule has 0 bridgehead atoms. The number of ether oxygens (including phenoxy) is 1. The summed E-state index contributed by atoms with van der Waals surface area (Å²) in [5.41, 5.74) is 11.9. The minimum Gasteiger partial charge on any atom is -0.382 e. The number of pyridine rings is 1. The number of rotatable bonds is 11. The quantitative estimate of drug-likeness (QED) is 0.208. The van der Waals surface area contributed by atoms with E-state index in [0.29, 0.717) is 35.9 Å². The van der Waals surface area contributed by atoms with Crippen molar-refractivity contribution in [1.29, 1.82) is 0 Å². The number of aryl methyl sites for hydroxylation is 3. The summed E-state index contributed by atoms with van der Waals surface area (Å²) >= 11 is 0. The second kappa shape index (κ2) is 11.9. The summed E-state index contributed by atoms with van der Waals surface area (Å²) < 4.78 is 35.7. The van der Waals surface area contributed by atoms with Crippen molar-refractivity contribution in [3.8, 4) is 0 Å². The Balaban J connectivity index is 1.26. The van der Waals surface area contributed by atoms with Gasteiger partial charge in [0.05, 0.1) is 35.0 Å². The van der Waals surface area contributed by atoms with E-state index in [2.05, 4.69) is 29.5 Å². The van der Waals surface area contributed by atoms with Gasteiger partial charge in [0.1, 0.15) is 11.3 Å². The fraction of sp³-hybridized carbons (Fsp3) is 0.333. The van der Waals surface area contributed by atoms with Crippen LogP contribution in [0.25, 0.3) is 11.0 Å². The number of anilines is 2. The predicted octanol–water partition coefficient (Wildman–Crippen LogP) is 4.42. The molecular formula is C27H34N8O3S. The second-order valence-electron chi connectivity index (χ2n) is 9.33. The molecule has 12 heteroatoms. The molecule has 206 valence electrons. The van der Waals surface area contributed by atoms with Gasteiger partial charge in [-0.3, -0.25) is 0 Å². The number of imidazole rings is 1. The summed E-state index contributed by atoms with van der Waals surface area (Å²) in [4.78, 5) is 11.1. The minimum atomic E-state index is -3.68. The molecule has 2 heterocycles. The van der Waals surface area contributed by atoms with Gasteiger partial charge in [-0.05, 0) is 74.9 Å². The number of nitrogen functional groups attached to an aromatic ring is 1. The average molecular weight is 551 g/mol. The van der Waals surface area contributed by atoms with Crippen molar-refractivity contribution in [3.05, 3.63) is 65.6 Å². The van der Waals surface area contributed by atoms with Gasteiger partial charge in [-0.15, -0.1) is 0 Å². The Labute approximate surface area is 228 Å². The first-order valence-corrected chi connectivity index (χ1v) is 14.0. The van der Waals surface area contributed by atoms with Crippen molar-refractivity contribution < 1.29 is 13.2 Å². The van der Waals surface area contributed by atoms with Gasteiger partial charge < -0.3 is 19.9 Å². The van der Waals surface area contributed by atoms with E-state index in [9.17, 15) is 8.42 Å². The number of hydrogen-bond donors (Lipinski definition) is 2. The molecular weight excluding hydrogens is 516 g/mol. The maximum Gasteiger partial charge on any atom is 0.240 e. The van der Waals surface area contributed by atoms with Gasteiger partial charge in [0.15, 0.2) is 5.82 Å². The van der Waals surface area contributed by atoms with E-state index in [1.54, 1.807) is 12.1 Å². The van der Waals surface area contributed by atoms with E-state index in [-0.39, 0.29) is 18.0 Å². The normalized spacial score (nSPS) is 12.0. The number of nitrogens with two attached hydrogens (primary N) is 1. The fourth-order valence-electron chi connectivity index (χ4n) is 4.10. The van der Waals surface area contributed by atoms with Crippen LogP contribution in [-0.4, -0.2) is 56.8 Å². The van der Waals surface area contributed by atoms with Crippen molar-refractivity contribution in [3.63, 3.8) is 0 Å². The number of azo groups is 1. The van der Waals surface area contributed by atoms with Crippen LogP contribution in [0.4, 0.5) is 22.9 Å². The van der Waals surface area contributed by atoms with Crippen LogP contribution >= 0.6 is 0 Å². The molecule has 0 aliphatic rings. The highest BCUT2D eigenvalue weighted by atomic mass is 32.2. The topological polar surface area (TPSA) is 140 Å². The number of nitrogens with one attached hydrogen (secondary N) is 1. The van der Waals surface area contributed by atoms with E-state index in [1.807, 2.05) is 64.0 Å². The van der Waals surface area contributed by atoms with Gasteiger partial charge in [0, 0.05) is 38.6 Å². The van der Waals surface area contributed by atoms with Crippen LogP contribution < -0.4 is 15.4 Å². The van der Waals surface area contributed by atoms with Crippen LogP contribution in [0.3, 0.4) is 0 Å². The molecule has 39 heavy (non-hydrogen) atoms. The number of aromatic nitrogens is 3. The van der Waals surface area contributed by atoms with Crippen molar-refractivity contribution >= 4 is 43.9 Å². The number of sulfonamides is 1. The Morgan fingerprint density at radius 2 is 1.56 bits per heavy atom. The number of nitrogens with zero attached hydrogens (tertiary/aromatic N) is 6. The number of benzene rings is 2. The van der Waals surface area contributed by atoms with Crippen molar-refractivity contribution in [1.82, 2.24) is 19.3 Å². The van der Waals surface area contributed by atoms with Crippen LogP contribution in [0.5, 0.6) is 0 Å². The Morgan fingerprint density at radius 3 is 2.18 bits per heavy atom. The fourth-order valence-corrected chi connectivity index (χ4v) is 5.11. The molecule has 2 aromatic carbocycles. The van der Waals surface area contributed by atoms with Gasteiger partial charge >= 0.3 is 0 Å². The smallest absolute Gasteiger partial charge is 0.240 e. The second-order valence-corrected chi connectivity index (χ2v) is 11.1. The van der Waals surface area contributed by atoms with Crippen molar-refractivity contribution in [2.24, 2.45) is 10.2 Å². The standard InChI is InChI=1S/C27H34N8O3S/c1-18-19(2)30-27(28)25-26(18)35(20(3)31-25)15-17-38-16-14-29-39(36,37)24-12-8-22(9-13-24)33-32-21-6-10-23(11-7-21)34(4)5/h6-13,29H,14-17H2,1-5H3,(H2,28,30). The summed E-state index contributed by atoms with van der Waals surface area (Å²) in [6.07, 6.45) is 0. The summed E-state index contributed by atoms with van der Waals surface area (Å²) in [6.45, 7) is 7.16. The van der Waals surface area contributed by atoms with Crippen LogP contribution in [0.15, 0.2) is 63.7 Å². The summed E-state index contributed by atoms with van der Waals surface area (Å²) in [7, 11) is 0.256. The minimum absolute atomic E-state index is 0.144. The molecule has 0 saturated heterocycles. The largest absolute Gasteiger partial charge is 0.382 e. The zero-order valence-electron chi connectivity index (χ0n) is 22.8. The average Bonchev–Trinajstić information content (AvgIpc) is 3.25. The maximum atomic E-state index is 12.7. The molecule has 0 unspecified atom stereocenters. The van der Waals surface area contributed by atoms with Gasteiger partial charge in [-0.25, -0.2) is 23.1 Å². The molecule has 0 fully saturated rings. The monoisotopic (exact) mass is 550 g/mol. The van der Waals surface area contributed by atoms with Crippen LogP contribution in [-0.2, 0) is 21.3 Å². The molecule has 3 N–H and O–H groups in total. The third-order valence-electron chi connectivity index (χ3n) is 6.38. The number of fused-ring (bicyclic) bond motifs is 1. The van der Waals surface area contributed by atoms with Crippen LogP contribution in [0.2, 0.25) is 0 Å². The molecule has 0 radical (unpaired) electrons. The Morgan fingerprint density at radius 1 is 0.949 bits per heavy atom. The Hall–Kier alpha value is -3.87. The van der Waals surface area contributed by atoms with Crippen LogP contribution in [0.1, 0.15) is 17.1 Å². The highest BCUT2D eigenvalue weighted by molar-refractivity contribution is 7.89. The first kappa shape index (κ1) is 28.1. The first-order chi connectivity index (χ1) is 18.6. The summed E-state index contributed by atoms with van der Waals surface area (Å²) in [5, 5.41) is 8.40. The highest BCUT2D eigenvalue weighted by Crippen LogP contribution is 2.26.